The molecule has 1 aromatic heterocycles. The Morgan fingerprint density at radius 1 is 1.48 bits per heavy atom. The highest BCUT2D eigenvalue weighted by atomic mass is 32.2. The van der Waals surface area contributed by atoms with E-state index in [-0.39, 0.29) is 0 Å². The third-order valence-corrected chi connectivity index (χ3v) is 5.47. The zero-order chi connectivity index (χ0) is 15.0. The number of carbonyl (C=O) groups is 1. The summed E-state index contributed by atoms with van der Waals surface area (Å²) >= 11 is 2.01. The number of para-hydroxylation sites is 1. The monoisotopic (exact) mass is 304 g/mol. The quantitative estimate of drug-likeness (QED) is 0.931. The van der Waals surface area contributed by atoms with E-state index in [9.17, 15) is 9.90 Å². The summed E-state index contributed by atoms with van der Waals surface area (Å²) in [5.41, 5.74) is 1.94. The molecule has 0 amide bonds. The van der Waals surface area contributed by atoms with E-state index >= 15 is 0 Å². The second-order valence-corrected chi connectivity index (χ2v) is 7.13. The second-order valence-electron chi connectivity index (χ2n) is 5.55. The van der Waals surface area contributed by atoms with Crippen LogP contribution in [0.15, 0.2) is 18.2 Å². The molecule has 21 heavy (non-hydrogen) atoms. The number of aromatic nitrogens is 2. The van der Waals surface area contributed by atoms with Gasteiger partial charge in [0.05, 0.1) is 16.6 Å². The Hall–Kier alpha value is -1.49. The van der Waals surface area contributed by atoms with Crippen molar-refractivity contribution >= 4 is 28.8 Å². The molecule has 0 aliphatic heterocycles. The van der Waals surface area contributed by atoms with Crippen LogP contribution >= 0.6 is 11.8 Å². The average molecular weight is 304 g/mol. The summed E-state index contributed by atoms with van der Waals surface area (Å²) in [6.45, 7) is 4.17. The smallest absolute Gasteiger partial charge is 0.337 e. The molecule has 112 valence electrons. The van der Waals surface area contributed by atoms with Crippen molar-refractivity contribution < 1.29 is 9.90 Å². The molecule has 1 N–H and O–H groups in total. The first-order valence-electron chi connectivity index (χ1n) is 7.44. The van der Waals surface area contributed by atoms with E-state index in [2.05, 4.69) is 16.5 Å². The Labute approximate surface area is 128 Å². The molecular weight excluding hydrogens is 284 g/mol. The normalized spacial score (nSPS) is 22.0. The minimum Gasteiger partial charge on any atom is -0.478 e. The minimum atomic E-state index is -0.876. The molecule has 0 saturated heterocycles. The van der Waals surface area contributed by atoms with E-state index in [1.54, 1.807) is 12.1 Å². The van der Waals surface area contributed by atoms with Crippen molar-refractivity contribution in [2.45, 2.75) is 44.4 Å². The van der Waals surface area contributed by atoms with E-state index in [4.69, 9.17) is 0 Å². The molecule has 4 nitrogen and oxygen atoms in total. The lowest BCUT2D eigenvalue weighted by Gasteiger charge is -2.16. The molecule has 1 aliphatic rings. The van der Waals surface area contributed by atoms with Crippen LogP contribution in [-0.2, 0) is 0 Å². The molecule has 1 fully saturated rings. The maximum Gasteiger partial charge on any atom is 0.337 e. The molecule has 5 heteroatoms. The number of carboxylic acids is 1. The van der Waals surface area contributed by atoms with E-state index in [0.29, 0.717) is 16.9 Å². The fourth-order valence-corrected chi connectivity index (χ4v) is 4.56. The van der Waals surface area contributed by atoms with Crippen LogP contribution < -0.4 is 0 Å². The molecule has 1 aromatic carbocycles. The zero-order valence-electron chi connectivity index (χ0n) is 12.4. The summed E-state index contributed by atoms with van der Waals surface area (Å²) in [6.07, 6.45) is 3.42. The number of fused-ring (bicyclic) bond motifs is 1. The van der Waals surface area contributed by atoms with E-state index in [1.807, 2.05) is 24.8 Å². The highest BCUT2D eigenvalue weighted by Gasteiger charge is 2.29. The molecule has 0 bridgehead atoms. The summed E-state index contributed by atoms with van der Waals surface area (Å²) in [5, 5.41) is 10.1. The van der Waals surface area contributed by atoms with Gasteiger partial charge >= 0.3 is 5.97 Å². The lowest BCUT2D eigenvalue weighted by atomic mass is 10.1. The van der Waals surface area contributed by atoms with Gasteiger partial charge in [-0.2, -0.15) is 11.8 Å². The fourth-order valence-electron chi connectivity index (χ4n) is 3.42. The molecule has 1 heterocycles. The fraction of sp³-hybridized carbons (Fsp3) is 0.500. The first-order valence-corrected chi connectivity index (χ1v) is 8.49. The van der Waals surface area contributed by atoms with Crippen molar-refractivity contribution in [3.8, 4) is 0 Å². The standard InChI is InChI=1S/C16H20N2O2S/c1-3-21-12-8-7-11(9-12)18-10(2)17-14-6-4-5-13(15(14)18)16(19)20/h4-6,11-12H,3,7-9H2,1-2H3,(H,19,20). The summed E-state index contributed by atoms with van der Waals surface area (Å²) in [4.78, 5) is 16.1. The molecule has 3 rings (SSSR count). The van der Waals surface area contributed by atoms with Crippen molar-refractivity contribution in [2.24, 2.45) is 0 Å². The molecule has 0 spiro atoms. The van der Waals surface area contributed by atoms with E-state index < -0.39 is 5.97 Å². The third kappa shape index (κ3) is 2.55. The van der Waals surface area contributed by atoms with Crippen LogP contribution in [0, 0.1) is 6.92 Å². The molecule has 2 atom stereocenters. The van der Waals surface area contributed by atoms with Gasteiger partial charge < -0.3 is 9.67 Å². The predicted octanol–water partition coefficient (Wildman–Crippen LogP) is 3.89. The Kier molecular flexibility index (Phi) is 3.93. The maximum absolute atomic E-state index is 11.5. The zero-order valence-corrected chi connectivity index (χ0v) is 13.2. The third-order valence-electron chi connectivity index (χ3n) is 4.24. The maximum atomic E-state index is 11.5. The highest BCUT2D eigenvalue weighted by Crippen LogP contribution is 2.39. The number of nitrogens with zero attached hydrogens (tertiary/aromatic N) is 2. The van der Waals surface area contributed by atoms with Crippen molar-refractivity contribution in [1.82, 2.24) is 9.55 Å². The van der Waals surface area contributed by atoms with E-state index in [1.165, 1.54) is 6.42 Å². The van der Waals surface area contributed by atoms with Crippen LogP contribution in [0.3, 0.4) is 0 Å². The molecule has 1 saturated carbocycles. The largest absolute Gasteiger partial charge is 0.478 e. The van der Waals surface area contributed by atoms with Crippen molar-refractivity contribution in [1.29, 1.82) is 0 Å². The molecule has 0 radical (unpaired) electrons. The summed E-state index contributed by atoms with van der Waals surface area (Å²) in [6, 6.07) is 5.72. The number of hydrogen-bond acceptors (Lipinski definition) is 3. The topological polar surface area (TPSA) is 55.1 Å². The van der Waals surface area contributed by atoms with Gasteiger partial charge in [0.2, 0.25) is 0 Å². The Morgan fingerprint density at radius 3 is 3.00 bits per heavy atom. The van der Waals surface area contributed by atoms with Gasteiger partial charge in [-0.05, 0) is 44.1 Å². The van der Waals surface area contributed by atoms with Crippen LogP contribution in [-0.4, -0.2) is 31.6 Å². The van der Waals surface area contributed by atoms with Crippen LogP contribution in [0.5, 0.6) is 0 Å². The SMILES string of the molecule is CCSC1CCC(n2c(C)nc3cccc(C(=O)O)c32)C1. The number of carboxylic acid groups (broad SMARTS) is 1. The van der Waals surface area contributed by atoms with Crippen molar-refractivity contribution in [3.63, 3.8) is 0 Å². The van der Waals surface area contributed by atoms with Gasteiger partial charge in [0, 0.05) is 11.3 Å². The molecule has 2 unspecified atom stereocenters. The molecular formula is C16H20N2O2S. The summed E-state index contributed by atoms with van der Waals surface area (Å²) in [7, 11) is 0. The van der Waals surface area contributed by atoms with Crippen LogP contribution in [0.1, 0.15) is 48.4 Å². The number of rotatable bonds is 4. The van der Waals surface area contributed by atoms with Crippen LogP contribution in [0.25, 0.3) is 11.0 Å². The van der Waals surface area contributed by atoms with Gasteiger partial charge in [-0.1, -0.05) is 13.0 Å². The molecule has 1 aliphatic carbocycles. The first-order chi connectivity index (χ1) is 10.1. The lowest BCUT2D eigenvalue weighted by Crippen LogP contribution is -2.10. The Bertz CT molecular complexity index is 680. The van der Waals surface area contributed by atoms with Gasteiger partial charge in [-0.25, -0.2) is 9.78 Å². The van der Waals surface area contributed by atoms with Crippen LogP contribution in [0.2, 0.25) is 0 Å². The van der Waals surface area contributed by atoms with Gasteiger partial charge in [0.25, 0.3) is 0 Å². The Balaban J connectivity index is 2.06. The van der Waals surface area contributed by atoms with E-state index in [0.717, 1.165) is 35.5 Å². The van der Waals surface area contributed by atoms with Gasteiger partial charge in [0.15, 0.2) is 0 Å². The number of thioether (sulfide) groups is 1. The average Bonchev–Trinajstić information content (AvgIpc) is 3.01. The first kappa shape index (κ1) is 14.4. The Morgan fingerprint density at radius 2 is 2.29 bits per heavy atom. The summed E-state index contributed by atoms with van der Waals surface area (Å²) < 4.78 is 2.16. The van der Waals surface area contributed by atoms with Crippen molar-refractivity contribution in [2.75, 3.05) is 5.75 Å². The predicted molar refractivity (Wildman–Crippen MR) is 86.2 cm³/mol. The number of aromatic carboxylic acids is 1. The number of benzene rings is 1. The second kappa shape index (κ2) is 5.72. The number of imidazole rings is 1. The van der Waals surface area contributed by atoms with Gasteiger partial charge in [0.1, 0.15) is 5.82 Å². The minimum absolute atomic E-state index is 0.361. The lowest BCUT2D eigenvalue weighted by molar-refractivity contribution is 0.0698. The van der Waals surface area contributed by atoms with Crippen molar-refractivity contribution in [3.05, 3.63) is 29.6 Å². The number of aryl methyl sites for hydroxylation is 1. The van der Waals surface area contributed by atoms with Gasteiger partial charge in [-0.15, -0.1) is 0 Å². The number of hydrogen-bond donors (Lipinski definition) is 1. The summed E-state index contributed by atoms with van der Waals surface area (Å²) in [5.74, 6) is 1.19. The van der Waals surface area contributed by atoms with Crippen LogP contribution in [0.4, 0.5) is 0 Å². The molecule has 2 aromatic rings. The highest BCUT2D eigenvalue weighted by molar-refractivity contribution is 7.99. The van der Waals surface area contributed by atoms with Gasteiger partial charge in [-0.3, -0.25) is 0 Å².